The number of nitrogens with one attached hydrogen (secondary N) is 1. The summed E-state index contributed by atoms with van der Waals surface area (Å²) in [6, 6.07) is 23.2. The molecule has 1 heterocycles. The Morgan fingerprint density at radius 2 is 1.75 bits per heavy atom. The van der Waals surface area contributed by atoms with Gasteiger partial charge in [0.05, 0.1) is 21.8 Å². The van der Waals surface area contributed by atoms with E-state index in [2.05, 4.69) is 16.4 Å². The molecule has 3 aromatic carbocycles. The topological polar surface area (TPSA) is 51.2 Å². The molecule has 0 aliphatic rings. The van der Waals surface area contributed by atoms with Crippen LogP contribution in [0.15, 0.2) is 72.8 Å². The minimum Gasteiger partial charge on any atom is -0.494 e. The van der Waals surface area contributed by atoms with E-state index in [0.717, 1.165) is 33.9 Å². The van der Waals surface area contributed by atoms with Gasteiger partial charge in [-0.1, -0.05) is 24.3 Å². The molecule has 0 spiro atoms. The molecule has 0 radical (unpaired) electrons. The van der Waals surface area contributed by atoms with Crippen LogP contribution >= 0.6 is 11.3 Å². The third-order valence-electron chi connectivity index (χ3n) is 4.33. The van der Waals surface area contributed by atoms with Crippen LogP contribution < -0.4 is 10.1 Å². The highest BCUT2D eigenvalue weighted by atomic mass is 32.1. The third-order valence-corrected chi connectivity index (χ3v) is 5.37. The smallest absolute Gasteiger partial charge is 0.255 e. The number of ether oxygens (including phenoxy) is 1. The summed E-state index contributed by atoms with van der Waals surface area (Å²) in [5, 5.41) is 4.02. The lowest BCUT2D eigenvalue weighted by Crippen LogP contribution is -2.11. The molecule has 0 aliphatic heterocycles. The van der Waals surface area contributed by atoms with Crippen LogP contribution in [0.5, 0.6) is 5.75 Å². The quantitative estimate of drug-likeness (QED) is 0.472. The van der Waals surface area contributed by atoms with Gasteiger partial charge in [0.15, 0.2) is 0 Å². The molecule has 0 aliphatic carbocycles. The number of carbonyl (C=O) groups excluding carboxylic acids is 1. The van der Waals surface area contributed by atoms with Gasteiger partial charge in [-0.2, -0.15) is 0 Å². The molecule has 0 saturated carbocycles. The Labute approximate surface area is 167 Å². The molecule has 0 unspecified atom stereocenters. The van der Waals surface area contributed by atoms with Crippen molar-refractivity contribution in [1.82, 2.24) is 4.98 Å². The molecule has 0 saturated heterocycles. The summed E-state index contributed by atoms with van der Waals surface area (Å²) >= 11 is 1.72. The predicted octanol–water partition coefficient (Wildman–Crippen LogP) is 5.54. The van der Waals surface area contributed by atoms with E-state index in [1.807, 2.05) is 49.4 Å². The number of hydrogen-bond donors (Lipinski definition) is 1. The number of para-hydroxylation sites is 1. The zero-order valence-corrected chi connectivity index (χ0v) is 16.3. The SMILES string of the molecule is CCOc1ccc(C(=O)Nc2ccc(Cc3nc4ccccc4s3)cc2)cc1. The Morgan fingerprint density at radius 1 is 1.00 bits per heavy atom. The molecular formula is C23H20N2O2S. The first-order chi connectivity index (χ1) is 13.7. The molecule has 0 fully saturated rings. The molecule has 28 heavy (non-hydrogen) atoms. The Hall–Kier alpha value is -3.18. The van der Waals surface area contributed by atoms with Crippen LogP contribution in [0.3, 0.4) is 0 Å². The zero-order valence-electron chi connectivity index (χ0n) is 15.5. The molecule has 1 amide bonds. The highest BCUT2D eigenvalue weighted by Gasteiger charge is 2.08. The van der Waals surface area contributed by atoms with Gasteiger partial charge in [-0.3, -0.25) is 4.79 Å². The second-order valence-electron chi connectivity index (χ2n) is 6.36. The van der Waals surface area contributed by atoms with Gasteiger partial charge in [0.2, 0.25) is 0 Å². The second kappa shape index (κ2) is 8.23. The Bertz CT molecular complexity index is 1050. The van der Waals surface area contributed by atoms with Crippen molar-refractivity contribution < 1.29 is 9.53 Å². The fourth-order valence-electron chi connectivity index (χ4n) is 2.95. The normalized spacial score (nSPS) is 10.8. The average Bonchev–Trinajstić information content (AvgIpc) is 3.12. The maximum absolute atomic E-state index is 12.4. The molecule has 0 bridgehead atoms. The fourth-order valence-corrected chi connectivity index (χ4v) is 3.95. The zero-order chi connectivity index (χ0) is 19.3. The van der Waals surface area contributed by atoms with Crippen molar-refractivity contribution in [1.29, 1.82) is 0 Å². The van der Waals surface area contributed by atoms with E-state index in [1.54, 1.807) is 35.6 Å². The van der Waals surface area contributed by atoms with Crippen molar-refractivity contribution in [3.05, 3.63) is 88.9 Å². The summed E-state index contributed by atoms with van der Waals surface area (Å²) in [5.41, 5.74) is 3.58. The first-order valence-corrected chi connectivity index (χ1v) is 10.0. The molecule has 140 valence electrons. The summed E-state index contributed by atoms with van der Waals surface area (Å²) in [7, 11) is 0. The number of rotatable bonds is 6. The van der Waals surface area contributed by atoms with Gasteiger partial charge in [0.1, 0.15) is 5.75 Å². The van der Waals surface area contributed by atoms with E-state index in [4.69, 9.17) is 4.74 Å². The molecule has 4 rings (SSSR count). The number of carbonyl (C=O) groups is 1. The number of fused-ring (bicyclic) bond motifs is 1. The number of nitrogens with zero attached hydrogens (tertiary/aromatic N) is 1. The maximum Gasteiger partial charge on any atom is 0.255 e. The minimum atomic E-state index is -0.137. The van der Waals surface area contributed by atoms with Gasteiger partial charge in [0.25, 0.3) is 5.91 Å². The first kappa shape index (κ1) is 18.2. The number of aromatic nitrogens is 1. The molecule has 4 nitrogen and oxygen atoms in total. The average molecular weight is 388 g/mol. The summed E-state index contributed by atoms with van der Waals surface area (Å²) in [5.74, 6) is 0.625. The summed E-state index contributed by atoms with van der Waals surface area (Å²) in [6.07, 6.45) is 0.784. The van der Waals surface area contributed by atoms with Crippen molar-refractivity contribution >= 4 is 33.1 Å². The molecule has 5 heteroatoms. The highest BCUT2D eigenvalue weighted by molar-refractivity contribution is 7.18. The number of amides is 1. The molecule has 0 atom stereocenters. The lowest BCUT2D eigenvalue weighted by molar-refractivity contribution is 0.102. The predicted molar refractivity (Wildman–Crippen MR) is 114 cm³/mol. The number of anilines is 1. The third kappa shape index (κ3) is 4.21. The van der Waals surface area contributed by atoms with Crippen molar-refractivity contribution in [2.24, 2.45) is 0 Å². The van der Waals surface area contributed by atoms with Crippen LogP contribution in [0.1, 0.15) is 27.9 Å². The number of thiazole rings is 1. The lowest BCUT2D eigenvalue weighted by Gasteiger charge is -2.07. The molecule has 1 aromatic heterocycles. The van der Waals surface area contributed by atoms with Crippen LogP contribution in [0, 0.1) is 0 Å². The summed E-state index contributed by atoms with van der Waals surface area (Å²) < 4.78 is 6.61. The van der Waals surface area contributed by atoms with E-state index in [1.165, 1.54) is 4.70 Å². The van der Waals surface area contributed by atoms with Crippen LogP contribution in [0.4, 0.5) is 5.69 Å². The summed E-state index contributed by atoms with van der Waals surface area (Å²) in [4.78, 5) is 17.1. The first-order valence-electron chi connectivity index (χ1n) is 9.19. The van der Waals surface area contributed by atoms with E-state index < -0.39 is 0 Å². The second-order valence-corrected chi connectivity index (χ2v) is 7.48. The fraction of sp³-hybridized carbons (Fsp3) is 0.130. The maximum atomic E-state index is 12.4. The van der Waals surface area contributed by atoms with E-state index in [-0.39, 0.29) is 5.91 Å². The monoisotopic (exact) mass is 388 g/mol. The standard InChI is InChI=1S/C23H20N2O2S/c1-2-27-19-13-9-17(10-14-19)23(26)24-18-11-7-16(8-12-18)15-22-25-20-5-3-4-6-21(20)28-22/h3-14H,2,15H2,1H3,(H,24,26). The molecular weight excluding hydrogens is 368 g/mol. The van der Waals surface area contributed by atoms with Crippen molar-refractivity contribution in [3.63, 3.8) is 0 Å². The van der Waals surface area contributed by atoms with Crippen LogP contribution in [-0.4, -0.2) is 17.5 Å². The number of hydrogen-bond acceptors (Lipinski definition) is 4. The minimum absolute atomic E-state index is 0.137. The van der Waals surface area contributed by atoms with Gasteiger partial charge < -0.3 is 10.1 Å². The largest absolute Gasteiger partial charge is 0.494 e. The van der Waals surface area contributed by atoms with E-state index in [0.29, 0.717) is 12.2 Å². The van der Waals surface area contributed by atoms with Crippen LogP contribution in [0.25, 0.3) is 10.2 Å². The lowest BCUT2D eigenvalue weighted by atomic mass is 10.1. The van der Waals surface area contributed by atoms with Crippen molar-refractivity contribution in [2.75, 3.05) is 11.9 Å². The van der Waals surface area contributed by atoms with Gasteiger partial charge in [-0.15, -0.1) is 11.3 Å². The Morgan fingerprint density at radius 3 is 2.46 bits per heavy atom. The molecule has 1 N–H and O–H groups in total. The van der Waals surface area contributed by atoms with Gasteiger partial charge >= 0.3 is 0 Å². The number of benzene rings is 3. The van der Waals surface area contributed by atoms with E-state index in [9.17, 15) is 4.79 Å². The Balaban J connectivity index is 1.40. The summed E-state index contributed by atoms with van der Waals surface area (Å²) in [6.45, 7) is 2.54. The van der Waals surface area contributed by atoms with Gasteiger partial charge in [0, 0.05) is 17.7 Å². The van der Waals surface area contributed by atoms with Crippen molar-refractivity contribution in [3.8, 4) is 5.75 Å². The van der Waals surface area contributed by atoms with Crippen LogP contribution in [0.2, 0.25) is 0 Å². The van der Waals surface area contributed by atoms with Gasteiger partial charge in [-0.25, -0.2) is 4.98 Å². The van der Waals surface area contributed by atoms with Crippen molar-refractivity contribution in [2.45, 2.75) is 13.3 Å². The van der Waals surface area contributed by atoms with Gasteiger partial charge in [-0.05, 0) is 61.0 Å². The molecule has 4 aromatic rings. The van der Waals surface area contributed by atoms with E-state index >= 15 is 0 Å². The van der Waals surface area contributed by atoms with Crippen LogP contribution in [-0.2, 0) is 6.42 Å². The Kier molecular flexibility index (Phi) is 5.35. The highest BCUT2D eigenvalue weighted by Crippen LogP contribution is 2.24.